The predicted molar refractivity (Wildman–Crippen MR) is 65.9 cm³/mol. The van der Waals surface area contributed by atoms with E-state index in [1.165, 1.54) is 0 Å². The molecule has 0 spiro atoms. The normalized spacial score (nSPS) is 11.3. The summed E-state index contributed by atoms with van der Waals surface area (Å²) in [6, 6.07) is 0.409. The third kappa shape index (κ3) is 3.61. The Morgan fingerprint density at radius 3 is 2.88 bits per heavy atom. The second-order valence-electron chi connectivity index (χ2n) is 4.17. The van der Waals surface area contributed by atoms with Gasteiger partial charge in [-0.05, 0) is 6.92 Å². The van der Waals surface area contributed by atoms with Crippen LogP contribution < -0.4 is 5.32 Å². The smallest absolute Gasteiger partial charge is 0.240 e. The molecule has 6 heteroatoms. The van der Waals surface area contributed by atoms with Crippen LogP contribution in [0.1, 0.15) is 36.3 Å². The van der Waals surface area contributed by atoms with Crippen LogP contribution in [-0.2, 0) is 13.0 Å². The van der Waals surface area contributed by atoms with Gasteiger partial charge in [-0.2, -0.15) is 4.98 Å². The van der Waals surface area contributed by atoms with Crippen molar-refractivity contribution in [3.8, 4) is 0 Å². The van der Waals surface area contributed by atoms with Crippen LogP contribution in [0.15, 0.2) is 9.90 Å². The first-order chi connectivity index (χ1) is 8.13. The van der Waals surface area contributed by atoms with E-state index in [-0.39, 0.29) is 0 Å². The Kier molecular flexibility index (Phi) is 3.86. The fourth-order valence-electron chi connectivity index (χ4n) is 1.38. The van der Waals surface area contributed by atoms with Gasteiger partial charge < -0.3 is 9.84 Å². The molecule has 0 aliphatic carbocycles. The summed E-state index contributed by atoms with van der Waals surface area (Å²) < 4.78 is 5.15. The van der Waals surface area contributed by atoms with E-state index in [2.05, 4.69) is 34.3 Å². The van der Waals surface area contributed by atoms with E-state index in [0.717, 1.165) is 10.7 Å². The Bertz CT molecular complexity index is 477. The lowest BCUT2D eigenvalue weighted by atomic mass is 10.3. The average molecular weight is 252 g/mol. The van der Waals surface area contributed by atoms with Gasteiger partial charge in [0.05, 0.1) is 23.7 Å². The first-order valence-electron chi connectivity index (χ1n) is 5.59. The molecule has 0 amide bonds. The SMILES string of the molecule is Cc1nc(Cc2noc(CNC(C)C)n2)cs1. The summed E-state index contributed by atoms with van der Waals surface area (Å²) in [5.74, 6) is 1.32. The third-order valence-corrected chi connectivity index (χ3v) is 3.00. The van der Waals surface area contributed by atoms with Gasteiger partial charge in [0, 0.05) is 11.4 Å². The monoisotopic (exact) mass is 252 g/mol. The van der Waals surface area contributed by atoms with Gasteiger partial charge in [-0.3, -0.25) is 0 Å². The summed E-state index contributed by atoms with van der Waals surface area (Å²) in [5.41, 5.74) is 0.997. The summed E-state index contributed by atoms with van der Waals surface area (Å²) in [4.78, 5) is 8.68. The standard InChI is InChI=1S/C11H16N4OS/c1-7(2)12-5-11-14-10(15-16-11)4-9-6-17-8(3)13-9/h6-7,12H,4-5H2,1-3H3. The Morgan fingerprint density at radius 2 is 2.24 bits per heavy atom. The molecule has 2 rings (SSSR count). The summed E-state index contributed by atoms with van der Waals surface area (Å²) in [6.07, 6.45) is 0.634. The van der Waals surface area contributed by atoms with Crippen molar-refractivity contribution < 1.29 is 4.52 Å². The molecule has 0 unspecified atom stereocenters. The number of nitrogens with one attached hydrogen (secondary N) is 1. The number of nitrogens with zero attached hydrogens (tertiary/aromatic N) is 3. The molecule has 5 nitrogen and oxygen atoms in total. The van der Waals surface area contributed by atoms with Gasteiger partial charge in [-0.15, -0.1) is 11.3 Å². The number of hydrogen-bond acceptors (Lipinski definition) is 6. The molecule has 0 bridgehead atoms. The lowest BCUT2D eigenvalue weighted by Gasteiger charge is -2.02. The van der Waals surface area contributed by atoms with E-state index in [1.807, 2.05) is 12.3 Å². The van der Waals surface area contributed by atoms with Crippen molar-refractivity contribution in [3.63, 3.8) is 0 Å². The van der Waals surface area contributed by atoms with Crippen LogP contribution in [-0.4, -0.2) is 21.2 Å². The number of rotatable bonds is 5. The fourth-order valence-corrected chi connectivity index (χ4v) is 1.99. The van der Waals surface area contributed by atoms with Crippen molar-refractivity contribution in [1.29, 1.82) is 0 Å². The van der Waals surface area contributed by atoms with Crippen LogP contribution in [0.4, 0.5) is 0 Å². The first-order valence-corrected chi connectivity index (χ1v) is 6.47. The van der Waals surface area contributed by atoms with Crippen LogP contribution in [0.3, 0.4) is 0 Å². The van der Waals surface area contributed by atoms with E-state index in [1.54, 1.807) is 11.3 Å². The number of hydrogen-bond donors (Lipinski definition) is 1. The minimum atomic E-state index is 0.409. The topological polar surface area (TPSA) is 63.8 Å². The molecule has 0 saturated heterocycles. The number of aromatic nitrogens is 3. The maximum atomic E-state index is 5.15. The molecular weight excluding hydrogens is 236 g/mol. The highest BCUT2D eigenvalue weighted by molar-refractivity contribution is 7.09. The van der Waals surface area contributed by atoms with Crippen LogP contribution in [0, 0.1) is 6.92 Å². The lowest BCUT2D eigenvalue weighted by Crippen LogP contribution is -2.21. The molecule has 0 radical (unpaired) electrons. The van der Waals surface area contributed by atoms with E-state index >= 15 is 0 Å². The lowest BCUT2D eigenvalue weighted by molar-refractivity contribution is 0.358. The summed E-state index contributed by atoms with van der Waals surface area (Å²) >= 11 is 1.63. The maximum absolute atomic E-state index is 5.15. The second-order valence-corrected chi connectivity index (χ2v) is 5.24. The molecule has 17 heavy (non-hydrogen) atoms. The van der Waals surface area contributed by atoms with Crippen molar-refractivity contribution in [2.45, 2.75) is 39.8 Å². The quantitative estimate of drug-likeness (QED) is 0.880. The first kappa shape index (κ1) is 12.2. The number of thiazole rings is 1. The molecule has 0 atom stereocenters. The molecule has 1 N–H and O–H groups in total. The van der Waals surface area contributed by atoms with Gasteiger partial charge in [-0.1, -0.05) is 19.0 Å². The van der Waals surface area contributed by atoms with Crippen molar-refractivity contribution in [2.24, 2.45) is 0 Å². The second kappa shape index (κ2) is 5.37. The van der Waals surface area contributed by atoms with Crippen molar-refractivity contribution in [1.82, 2.24) is 20.4 Å². The van der Waals surface area contributed by atoms with Gasteiger partial charge in [-0.25, -0.2) is 4.98 Å². The average Bonchev–Trinajstić information content (AvgIpc) is 2.86. The minimum Gasteiger partial charge on any atom is -0.338 e. The predicted octanol–water partition coefficient (Wildman–Crippen LogP) is 1.92. The van der Waals surface area contributed by atoms with E-state index in [9.17, 15) is 0 Å². The molecule has 0 aromatic carbocycles. The third-order valence-electron chi connectivity index (χ3n) is 2.18. The Labute approximate surface area is 104 Å². The zero-order valence-corrected chi connectivity index (χ0v) is 11.0. The van der Waals surface area contributed by atoms with E-state index < -0.39 is 0 Å². The Hall–Kier alpha value is -1.27. The highest BCUT2D eigenvalue weighted by atomic mass is 32.1. The van der Waals surface area contributed by atoms with Crippen LogP contribution in [0.2, 0.25) is 0 Å². The molecule has 2 aromatic heterocycles. The highest BCUT2D eigenvalue weighted by Gasteiger charge is 2.08. The Balaban J connectivity index is 1.94. The van der Waals surface area contributed by atoms with Crippen molar-refractivity contribution in [2.75, 3.05) is 0 Å². The van der Waals surface area contributed by atoms with E-state index in [4.69, 9.17) is 4.52 Å². The molecular formula is C11H16N4OS. The van der Waals surface area contributed by atoms with Crippen LogP contribution in [0.5, 0.6) is 0 Å². The van der Waals surface area contributed by atoms with Crippen LogP contribution >= 0.6 is 11.3 Å². The maximum Gasteiger partial charge on any atom is 0.240 e. The van der Waals surface area contributed by atoms with Crippen LogP contribution in [0.25, 0.3) is 0 Å². The molecule has 0 aliphatic heterocycles. The minimum absolute atomic E-state index is 0.409. The molecule has 2 heterocycles. The molecule has 0 aliphatic rings. The van der Waals surface area contributed by atoms with Crippen molar-refractivity contribution >= 4 is 11.3 Å². The number of aryl methyl sites for hydroxylation is 1. The highest BCUT2D eigenvalue weighted by Crippen LogP contribution is 2.11. The summed E-state index contributed by atoms with van der Waals surface area (Å²) in [6.45, 7) is 6.76. The Morgan fingerprint density at radius 1 is 1.41 bits per heavy atom. The molecule has 0 fully saturated rings. The largest absolute Gasteiger partial charge is 0.338 e. The fraction of sp³-hybridized carbons (Fsp3) is 0.545. The van der Waals surface area contributed by atoms with Crippen molar-refractivity contribution in [3.05, 3.63) is 27.8 Å². The van der Waals surface area contributed by atoms with Gasteiger partial charge in [0.2, 0.25) is 5.89 Å². The van der Waals surface area contributed by atoms with Gasteiger partial charge in [0.25, 0.3) is 0 Å². The molecule has 92 valence electrons. The van der Waals surface area contributed by atoms with Gasteiger partial charge >= 0.3 is 0 Å². The zero-order chi connectivity index (χ0) is 12.3. The van der Waals surface area contributed by atoms with Gasteiger partial charge in [0.1, 0.15) is 0 Å². The summed E-state index contributed by atoms with van der Waals surface area (Å²) in [7, 11) is 0. The zero-order valence-electron chi connectivity index (χ0n) is 10.2. The van der Waals surface area contributed by atoms with E-state index in [0.29, 0.717) is 30.7 Å². The molecule has 2 aromatic rings. The molecule has 0 saturated carbocycles. The van der Waals surface area contributed by atoms with Gasteiger partial charge in [0.15, 0.2) is 5.82 Å². The summed E-state index contributed by atoms with van der Waals surface area (Å²) in [5, 5.41) is 10.3.